The molecule has 0 saturated heterocycles. The molecule has 1 radical (unpaired) electrons. The van der Waals surface area contributed by atoms with E-state index in [2.05, 4.69) is 37.1 Å². The van der Waals surface area contributed by atoms with Gasteiger partial charge < -0.3 is 0 Å². The first-order valence-electron chi connectivity index (χ1n) is 1.79. The molecule has 0 aromatic carbocycles. The van der Waals surface area contributed by atoms with Crippen LogP contribution in [0.5, 0.6) is 0 Å². The van der Waals surface area contributed by atoms with E-state index >= 15 is 0 Å². The molecule has 0 bridgehead atoms. The summed E-state index contributed by atoms with van der Waals surface area (Å²) in [5, 5.41) is 0. The topological polar surface area (TPSA) is 0 Å². The van der Waals surface area contributed by atoms with E-state index in [0.717, 1.165) is 0 Å². The fraction of sp³-hybridized carbons (Fsp3) is 1.00. The fourth-order valence-corrected chi connectivity index (χ4v) is 0. The van der Waals surface area contributed by atoms with Crippen LogP contribution in [0.4, 0.5) is 0 Å². The second-order valence-electron chi connectivity index (χ2n) is 2.37. The first-order chi connectivity index (χ1) is 2.00. The van der Waals surface area contributed by atoms with Crippen LogP contribution < -0.4 is 0 Å². The van der Waals surface area contributed by atoms with Crippen LogP contribution in [0.2, 0.25) is 4.28 Å². The molecule has 0 saturated carbocycles. The summed E-state index contributed by atoms with van der Waals surface area (Å²) in [6, 6.07) is 0. The monoisotopic (exact) mass is 84.1 g/mol. The molecule has 0 spiro atoms. The number of rotatable bonds is 0. The van der Waals surface area contributed by atoms with Gasteiger partial charge in [0.2, 0.25) is 0 Å². The van der Waals surface area contributed by atoms with Crippen molar-refractivity contribution in [2.45, 2.75) is 25.0 Å². The Bertz CT molecular complexity index is 19.1. The maximum absolute atomic E-state index is 2.72. The molecule has 0 aromatic rings. The van der Waals surface area contributed by atoms with E-state index in [-0.39, 0.29) is 0 Å². The first-order valence-corrected chi connectivity index (χ1v) is 2.37. The molecule has 0 unspecified atom stereocenters. The SMILES string of the molecule is C[C](C)(C)[Al+]. The Morgan fingerprint density at radius 2 is 1.20 bits per heavy atom. The van der Waals surface area contributed by atoms with Crippen molar-refractivity contribution in [2.24, 2.45) is 0 Å². The summed E-state index contributed by atoms with van der Waals surface area (Å²) in [7, 11) is 0. The third kappa shape index (κ3) is 103. The predicted octanol–water partition coefficient (Wildman–Crippen LogP) is 1.37. The summed E-state index contributed by atoms with van der Waals surface area (Å²) >= 11 is 2.72. The van der Waals surface area contributed by atoms with Crippen molar-refractivity contribution in [2.75, 3.05) is 0 Å². The van der Waals surface area contributed by atoms with E-state index in [1.165, 1.54) is 0 Å². The van der Waals surface area contributed by atoms with Gasteiger partial charge in [0.1, 0.15) is 0 Å². The number of hydrogen-bond donors (Lipinski definition) is 0. The molecule has 0 atom stereocenters. The minimum absolute atomic E-state index is 0.417. The minimum atomic E-state index is 0.417. The van der Waals surface area contributed by atoms with Gasteiger partial charge in [-0.2, -0.15) is 0 Å². The Labute approximate surface area is 42.0 Å². The molecule has 0 aliphatic heterocycles. The van der Waals surface area contributed by atoms with E-state index in [4.69, 9.17) is 0 Å². The average Bonchev–Trinajstić information content (AvgIpc) is 0.722. The maximum atomic E-state index is 2.72. The first kappa shape index (κ1) is 5.53. The van der Waals surface area contributed by atoms with Crippen molar-refractivity contribution < 1.29 is 0 Å². The fourth-order valence-electron chi connectivity index (χ4n) is 0. The van der Waals surface area contributed by atoms with Crippen LogP contribution in [0, 0.1) is 0 Å². The summed E-state index contributed by atoms with van der Waals surface area (Å²) in [6.07, 6.45) is 0. The van der Waals surface area contributed by atoms with E-state index < -0.39 is 0 Å². The van der Waals surface area contributed by atoms with Gasteiger partial charge in [0.05, 0.1) is 0 Å². The Morgan fingerprint density at radius 3 is 1.20 bits per heavy atom. The van der Waals surface area contributed by atoms with Gasteiger partial charge in [0, 0.05) is 0 Å². The van der Waals surface area contributed by atoms with Gasteiger partial charge in [0.25, 0.3) is 0 Å². The second-order valence-corrected chi connectivity index (χ2v) is 4.10. The molecule has 0 fully saturated rings. The van der Waals surface area contributed by atoms with Crippen LogP contribution in [0.15, 0.2) is 0 Å². The summed E-state index contributed by atoms with van der Waals surface area (Å²) in [6.45, 7) is 6.45. The molecule has 0 heterocycles. The molecule has 27 valence electrons. The summed E-state index contributed by atoms with van der Waals surface area (Å²) in [5.41, 5.74) is 0. The van der Waals surface area contributed by atoms with Crippen LogP contribution in [-0.2, 0) is 0 Å². The van der Waals surface area contributed by atoms with Crippen molar-refractivity contribution >= 4 is 16.3 Å². The molecule has 5 heavy (non-hydrogen) atoms. The summed E-state index contributed by atoms with van der Waals surface area (Å²) in [5.74, 6) is 0. The predicted molar refractivity (Wildman–Crippen MR) is 25.5 cm³/mol. The number of hydrogen-bond acceptors (Lipinski definition) is 0. The van der Waals surface area contributed by atoms with Crippen molar-refractivity contribution in [1.29, 1.82) is 0 Å². The Morgan fingerprint density at radius 1 is 1.20 bits per heavy atom. The zero-order valence-electron chi connectivity index (χ0n) is 4.08. The van der Waals surface area contributed by atoms with E-state index in [9.17, 15) is 0 Å². The quantitative estimate of drug-likeness (QED) is 0.389. The summed E-state index contributed by atoms with van der Waals surface area (Å²) < 4.78 is 0.417. The second kappa shape index (κ2) is 1.33. The Balaban J connectivity index is 3.02. The Hall–Kier alpha value is 0.532. The van der Waals surface area contributed by atoms with Crippen molar-refractivity contribution in [3.05, 3.63) is 0 Å². The Kier molecular flexibility index (Phi) is 1.47. The zero-order valence-corrected chi connectivity index (χ0v) is 5.23. The molecule has 0 aliphatic carbocycles. The zero-order chi connectivity index (χ0) is 4.50. The third-order valence-electron chi connectivity index (χ3n) is 0. The van der Waals surface area contributed by atoms with Gasteiger partial charge in [-0.1, -0.05) is 0 Å². The van der Waals surface area contributed by atoms with Crippen molar-refractivity contribution in [1.82, 2.24) is 0 Å². The van der Waals surface area contributed by atoms with Crippen molar-refractivity contribution in [3.8, 4) is 0 Å². The summed E-state index contributed by atoms with van der Waals surface area (Å²) in [4.78, 5) is 0. The van der Waals surface area contributed by atoms with E-state index in [1.807, 2.05) is 0 Å². The average molecular weight is 84.1 g/mol. The van der Waals surface area contributed by atoms with Gasteiger partial charge in [-0.3, -0.25) is 0 Å². The molecular formula is C4H9Al+. The van der Waals surface area contributed by atoms with Crippen molar-refractivity contribution in [3.63, 3.8) is 0 Å². The van der Waals surface area contributed by atoms with Gasteiger partial charge >= 0.3 is 41.3 Å². The molecule has 0 amide bonds. The van der Waals surface area contributed by atoms with Gasteiger partial charge in [-0.05, 0) is 0 Å². The molecule has 0 aromatic heterocycles. The van der Waals surface area contributed by atoms with Gasteiger partial charge in [0.15, 0.2) is 0 Å². The molecular weight excluding hydrogens is 75.0 g/mol. The standard InChI is InChI=1S/C4H9.Al/c1-4(2)3;/h1-3H3;/q;+1. The van der Waals surface area contributed by atoms with Gasteiger partial charge in [-0.15, -0.1) is 0 Å². The van der Waals surface area contributed by atoms with Gasteiger partial charge in [-0.25, -0.2) is 0 Å². The van der Waals surface area contributed by atoms with Crippen LogP contribution in [0.3, 0.4) is 0 Å². The molecule has 0 N–H and O–H groups in total. The molecule has 0 rings (SSSR count). The van der Waals surface area contributed by atoms with E-state index in [1.54, 1.807) is 0 Å². The molecule has 0 aliphatic rings. The van der Waals surface area contributed by atoms with E-state index in [0.29, 0.717) is 4.28 Å². The molecule has 1 heteroatoms. The van der Waals surface area contributed by atoms with Crippen LogP contribution >= 0.6 is 0 Å². The normalized spacial score (nSPS) is 11.6. The van der Waals surface area contributed by atoms with Crippen LogP contribution in [-0.4, -0.2) is 16.3 Å². The van der Waals surface area contributed by atoms with Crippen LogP contribution in [0.1, 0.15) is 20.8 Å². The third-order valence-corrected chi connectivity index (χ3v) is 0. The van der Waals surface area contributed by atoms with Crippen LogP contribution in [0.25, 0.3) is 0 Å². The molecule has 0 nitrogen and oxygen atoms in total.